The maximum absolute atomic E-state index is 13.6. The second-order valence-corrected chi connectivity index (χ2v) is 8.93. The van der Waals surface area contributed by atoms with Crippen LogP contribution in [0.1, 0.15) is 62.6 Å². The number of aromatic carboxylic acids is 1. The summed E-state index contributed by atoms with van der Waals surface area (Å²) in [5, 5.41) is 14.7. The van der Waals surface area contributed by atoms with Gasteiger partial charge < -0.3 is 15.0 Å². The number of benzene rings is 1. The Hall–Kier alpha value is -3.39. The van der Waals surface area contributed by atoms with Gasteiger partial charge in [0.15, 0.2) is 5.69 Å². The van der Waals surface area contributed by atoms with Crippen LogP contribution >= 0.6 is 11.6 Å². The smallest absolute Gasteiger partial charge is 0.341 e. The third kappa shape index (κ3) is 3.84. The highest BCUT2D eigenvalue weighted by Crippen LogP contribution is 2.28. The molecule has 0 radical (unpaired) electrons. The Morgan fingerprint density at radius 2 is 1.79 bits per heavy atom. The Morgan fingerprint density at radius 1 is 1.03 bits per heavy atom. The Morgan fingerprint density at radius 3 is 2.55 bits per heavy atom. The number of nitrogens with one attached hydrogen (secondary N) is 1. The number of carbonyl (C=O) groups is 2. The van der Waals surface area contributed by atoms with Crippen molar-refractivity contribution in [2.45, 2.75) is 45.1 Å². The first kappa shape index (κ1) is 21.5. The number of hydrogen-bond acceptors (Lipinski definition) is 4. The van der Waals surface area contributed by atoms with Crippen molar-refractivity contribution >= 4 is 23.5 Å². The zero-order valence-corrected chi connectivity index (χ0v) is 18.7. The lowest BCUT2D eigenvalue weighted by Gasteiger charge is -2.28. The van der Waals surface area contributed by atoms with E-state index < -0.39 is 11.4 Å². The summed E-state index contributed by atoms with van der Waals surface area (Å²) in [6.45, 7) is 0.490. The van der Waals surface area contributed by atoms with Crippen molar-refractivity contribution in [3.05, 3.63) is 79.5 Å². The molecule has 0 fully saturated rings. The number of rotatable bonds is 3. The van der Waals surface area contributed by atoms with Gasteiger partial charge in [-0.05, 0) is 49.9 Å². The molecule has 0 spiro atoms. The molecule has 0 bridgehead atoms. The summed E-state index contributed by atoms with van der Waals surface area (Å²) in [5.41, 5.74) is 3.42. The van der Waals surface area contributed by atoms with Crippen molar-refractivity contribution in [1.29, 1.82) is 0 Å². The summed E-state index contributed by atoms with van der Waals surface area (Å²) in [4.78, 5) is 42.2. The minimum atomic E-state index is -1.28. The van der Waals surface area contributed by atoms with E-state index in [-0.39, 0.29) is 18.0 Å². The molecule has 0 unspecified atom stereocenters. The van der Waals surface area contributed by atoms with Gasteiger partial charge >= 0.3 is 5.97 Å². The molecule has 8 nitrogen and oxygen atoms in total. The molecule has 3 heterocycles. The molecule has 2 aliphatic rings. The van der Waals surface area contributed by atoms with E-state index in [1.54, 1.807) is 17.0 Å². The van der Waals surface area contributed by atoms with Crippen molar-refractivity contribution in [1.82, 2.24) is 19.7 Å². The van der Waals surface area contributed by atoms with Gasteiger partial charge in [-0.2, -0.15) is 5.10 Å². The van der Waals surface area contributed by atoms with Crippen LogP contribution in [0.5, 0.6) is 0 Å². The minimum absolute atomic E-state index is 0.0627. The molecule has 2 N–H and O–H groups in total. The highest BCUT2D eigenvalue weighted by atomic mass is 35.5. The van der Waals surface area contributed by atoms with Gasteiger partial charge in [0, 0.05) is 46.7 Å². The standard InChI is InChI=1S/C24H23ClN4O4/c25-14-6-8-15(9-7-14)29-20-5-3-1-2-4-16(20)21(27-29)23(31)28-11-10-19-18(13-28)22(30)17(12-26-19)24(32)33/h6-9,12H,1-5,10-11,13H2,(H,26,30)(H,32,33). The van der Waals surface area contributed by atoms with Crippen molar-refractivity contribution in [2.24, 2.45) is 0 Å². The van der Waals surface area contributed by atoms with Crippen molar-refractivity contribution in [3.8, 4) is 5.69 Å². The van der Waals surface area contributed by atoms with Crippen molar-refractivity contribution in [3.63, 3.8) is 0 Å². The number of nitrogens with zero attached hydrogens (tertiary/aromatic N) is 3. The van der Waals surface area contributed by atoms with E-state index in [1.807, 2.05) is 16.8 Å². The number of carboxylic acid groups (broad SMARTS) is 1. The average Bonchev–Trinajstić information content (AvgIpc) is 2.99. The molecule has 0 atom stereocenters. The lowest BCUT2D eigenvalue weighted by atomic mass is 10.0. The average molecular weight is 467 g/mol. The normalized spacial score (nSPS) is 15.5. The van der Waals surface area contributed by atoms with E-state index in [0.29, 0.717) is 34.9 Å². The summed E-state index contributed by atoms with van der Waals surface area (Å²) in [6, 6.07) is 7.38. The van der Waals surface area contributed by atoms with E-state index in [1.165, 1.54) is 6.20 Å². The number of aromatic nitrogens is 3. The molecule has 0 saturated carbocycles. The Bertz CT molecular complexity index is 1310. The molecule has 1 aliphatic carbocycles. The van der Waals surface area contributed by atoms with Gasteiger partial charge in [0.1, 0.15) is 5.56 Å². The van der Waals surface area contributed by atoms with Crippen LogP contribution in [0, 0.1) is 0 Å². The molecule has 1 aliphatic heterocycles. The van der Waals surface area contributed by atoms with Gasteiger partial charge in [0.05, 0.1) is 12.2 Å². The first-order chi connectivity index (χ1) is 15.9. The number of fused-ring (bicyclic) bond motifs is 2. The second-order valence-electron chi connectivity index (χ2n) is 8.49. The van der Waals surface area contributed by atoms with Crippen LogP contribution < -0.4 is 5.43 Å². The van der Waals surface area contributed by atoms with Crippen LogP contribution in [0.25, 0.3) is 5.69 Å². The van der Waals surface area contributed by atoms with Gasteiger partial charge in [0.2, 0.25) is 5.43 Å². The Kier molecular flexibility index (Phi) is 5.54. The highest BCUT2D eigenvalue weighted by molar-refractivity contribution is 6.30. The van der Waals surface area contributed by atoms with Gasteiger partial charge in [-0.1, -0.05) is 18.0 Å². The monoisotopic (exact) mass is 466 g/mol. The third-order valence-electron chi connectivity index (χ3n) is 6.48. The van der Waals surface area contributed by atoms with E-state index >= 15 is 0 Å². The van der Waals surface area contributed by atoms with Gasteiger partial charge in [-0.15, -0.1) is 0 Å². The number of halogens is 1. The predicted octanol–water partition coefficient (Wildman–Crippen LogP) is 3.38. The predicted molar refractivity (Wildman–Crippen MR) is 122 cm³/mol. The van der Waals surface area contributed by atoms with Gasteiger partial charge in [-0.3, -0.25) is 9.59 Å². The maximum Gasteiger partial charge on any atom is 0.341 e. The fraction of sp³-hybridized carbons (Fsp3) is 0.333. The molecule has 1 amide bonds. The first-order valence-corrected chi connectivity index (χ1v) is 11.4. The molecule has 3 aromatic rings. The largest absolute Gasteiger partial charge is 0.477 e. The molecular formula is C24H23ClN4O4. The molecule has 170 valence electrons. The van der Waals surface area contributed by atoms with Crippen LogP contribution in [0.15, 0.2) is 35.3 Å². The van der Waals surface area contributed by atoms with Crippen molar-refractivity contribution < 1.29 is 14.7 Å². The van der Waals surface area contributed by atoms with Crippen LogP contribution in [0.4, 0.5) is 0 Å². The van der Waals surface area contributed by atoms with E-state index in [9.17, 15) is 19.5 Å². The van der Waals surface area contributed by atoms with Crippen LogP contribution in [-0.2, 0) is 25.8 Å². The second kappa shape index (κ2) is 8.51. The SMILES string of the molecule is O=C(O)c1c[nH]c2c(c1=O)CN(C(=O)c1nn(-c3ccc(Cl)cc3)c3c1CCCCC3)CC2. The fourth-order valence-electron chi connectivity index (χ4n) is 4.74. The van der Waals surface area contributed by atoms with Gasteiger partial charge in [0.25, 0.3) is 5.91 Å². The van der Waals surface area contributed by atoms with Crippen molar-refractivity contribution in [2.75, 3.05) is 6.54 Å². The number of carboxylic acids is 1. The molecule has 2 aromatic heterocycles. The van der Waals surface area contributed by atoms with E-state index in [0.717, 1.165) is 49.0 Å². The lowest BCUT2D eigenvalue weighted by Crippen LogP contribution is -2.40. The molecular weight excluding hydrogens is 444 g/mol. The highest BCUT2D eigenvalue weighted by Gasteiger charge is 2.31. The molecule has 1 aromatic carbocycles. The molecule has 33 heavy (non-hydrogen) atoms. The Labute approximate surface area is 194 Å². The summed E-state index contributed by atoms with van der Waals surface area (Å²) >= 11 is 6.06. The third-order valence-corrected chi connectivity index (χ3v) is 6.73. The molecule has 5 rings (SSSR count). The Balaban J connectivity index is 1.53. The van der Waals surface area contributed by atoms with Crippen LogP contribution in [0.2, 0.25) is 5.02 Å². The lowest BCUT2D eigenvalue weighted by molar-refractivity contribution is 0.0694. The summed E-state index contributed by atoms with van der Waals surface area (Å²) in [6.07, 6.45) is 6.41. The fourth-order valence-corrected chi connectivity index (χ4v) is 4.87. The molecule has 9 heteroatoms. The topological polar surface area (TPSA) is 108 Å². The first-order valence-electron chi connectivity index (χ1n) is 11.1. The quantitative estimate of drug-likeness (QED) is 0.575. The van der Waals surface area contributed by atoms with Crippen LogP contribution in [0.3, 0.4) is 0 Å². The molecule has 0 saturated heterocycles. The number of H-pyrrole nitrogens is 1. The number of pyridine rings is 1. The summed E-state index contributed by atoms with van der Waals surface area (Å²) in [7, 11) is 0. The van der Waals surface area contributed by atoms with E-state index in [4.69, 9.17) is 16.7 Å². The number of carbonyl (C=O) groups excluding carboxylic acids is 1. The summed E-state index contributed by atoms with van der Waals surface area (Å²) in [5.74, 6) is -1.51. The van der Waals surface area contributed by atoms with Gasteiger partial charge in [-0.25, -0.2) is 9.48 Å². The zero-order valence-electron chi connectivity index (χ0n) is 17.9. The summed E-state index contributed by atoms with van der Waals surface area (Å²) < 4.78 is 1.84. The van der Waals surface area contributed by atoms with Crippen LogP contribution in [-0.4, -0.2) is 43.2 Å². The number of hydrogen-bond donors (Lipinski definition) is 2. The number of amides is 1. The maximum atomic E-state index is 13.6. The van der Waals surface area contributed by atoms with E-state index in [2.05, 4.69) is 4.98 Å². The zero-order chi connectivity index (χ0) is 23.1. The number of aromatic amines is 1. The minimum Gasteiger partial charge on any atom is -0.477 e.